The molecule has 0 saturated heterocycles. The highest BCUT2D eigenvalue weighted by Crippen LogP contribution is 2.32. The van der Waals surface area contributed by atoms with Crippen LogP contribution in [0.2, 0.25) is 0 Å². The normalized spacial score (nSPS) is 15.8. The Bertz CT molecular complexity index is 319. The molecule has 1 amide bonds. The first-order valence-corrected chi connectivity index (χ1v) is 5.15. The number of aromatic nitrogens is 2. The fraction of sp³-hybridized carbons (Fsp3) is 0.625. The molecule has 70 valence electrons. The van der Waals surface area contributed by atoms with Gasteiger partial charge < -0.3 is 5.32 Å². The zero-order chi connectivity index (χ0) is 9.26. The van der Waals surface area contributed by atoms with Crippen molar-refractivity contribution in [1.82, 2.24) is 10.2 Å². The molecular weight excluding hydrogens is 186 g/mol. The predicted molar refractivity (Wildman–Crippen MR) is 50.6 cm³/mol. The quantitative estimate of drug-likeness (QED) is 0.800. The summed E-state index contributed by atoms with van der Waals surface area (Å²) in [5.74, 6) is 0.688. The second-order valence-electron chi connectivity index (χ2n) is 3.32. The number of anilines is 1. The largest absolute Gasteiger partial charge is 0.301 e. The van der Waals surface area contributed by atoms with E-state index in [1.165, 1.54) is 24.2 Å². The molecule has 2 rings (SSSR count). The van der Waals surface area contributed by atoms with Gasteiger partial charge in [-0.15, -0.1) is 10.2 Å². The highest BCUT2D eigenvalue weighted by Gasteiger charge is 2.24. The minimum absolute atomic E-state index is 0.0682. The van der Waals surface area contributed by atoms with Gasteiger partial charge in [-0.3, -0.25) is 4.79 Å². The Hall–Kier alpha value is -0.970. The van der Waals surface area contributed by atoms with Gasteiger partial charge in [0.05, 0.1) is 0 Å². The molecule has 1 fully saturated rings. The molecule has 1 N–H and O–H groups in total. The Kier molecular flexibility index (Phi) is 2.26. The number of carbonyl (C=O) groups is 1. The first-order valence-electron chi connectivity index (χ1n) is 4.34. The Balaban J connectivity index is 1.85. The zero-order valence-corrected chi connectivity index (χ0v) is 8.23. The highest BCUT2D eigenvalue weighted by atomic mass is 32.1. The Morgan fingerprint density at radius 1 is 1.62 bits per heavy atom. The van der Waals surface area contributed by atoms with Gasteiger partial charge in [-0.05, 0) is 25.7 Å². The van der Waals surface area contributed by atoms with Crippen molar-refractivity contribution in [2.75, 3.05) is 5.32 Å². The lowest BCUT2D eigenvalue weighted by Gasteiger charge is -1.97. The summed E-state index contributed by atoms with van der Waals surface area (Å²) in [6.45, 7) is 1.87. The van der Waals surface area contributed by atoms with Crippen molar-refractivity contribution in [1.29, 1.82) is 0 Å². The van der Waals surface area contributed by atoms with Crippen LogP contribution in [0.4, 0.5) is 5.13 Å². The number of nitrogens with one attached hydrogen (secondary N) is 1. The van der Waals surface area contributed by atoms with E-state index in [9.17, 15) is 4.79 Å². The van der Waals surface area contributed by atoms with E-state index in [1.54, 1.807) is 0 Å². The molecular formula is C8H11N3OS. The number of aryl methyl sites for hydroxylation is 1. The van der Waals surface area contributed by atoms with Gasteiger partial charge >= 0.3 is 0 Å². The van der Waals surface area contributed by atoms with Gasteiger partial charge in [0.1, 0.15) is 5.01 Å². The molecule has 0 aliphatic heterocycles. The van der Waals surface area contributed by atoms with E-state index in [4.69, 9.17) is 0 Å². The van der Waals surface area contributed by atoms with Crippen molar-refractivity contribution in [3.05, 3.63) is 5.01 Å². The number of carbonyl (C=O) groups excluding carboxylic acids is 1. The van der Waals surface area contributed by atoms with E-state index in [1.807, 2.05) is 6.92 Å². The monoisotopic (exact) mass is 197 g/mol. The van der Waals surface area contributed by atoms with Gasteiger partial charge in [-0.25, -0.2) is 0 Å². The lowest BCUT2D eigenvalue weighted by Crippen LogP contribution is -2.11. The Labute approximate surface area is 80.4 Å². The third-order valence-corrected chi connectivity index (χ3v) is 2.70. The molecule has 0 radical (unpaired) electrons. The van der Waals surface area contributed by atoms with Crippen LogP contribution in [-0.2, 0) is 4.79 Å². The third-order valence-electron chi connectivity index (χ3n) is 1.94. The number of amides is 1. The topological polar surface area (TPSA) is 54.9 Å². The van der Waals surface area contributed by atoms with Crippen molar-refractivity contribution < 1.29 is 4.79 Å². The van der Waals surface area contributed by atoms with Gasteiger partial charge in [0.2, 0.25) is 11.0 Å². The Morgan fingerprint density at radius 2 is 2.38 bits per heavy atom. The molecule has 1 heterocycles. The van der Waals surface area contributed by atoms with E-state index in [0.29, 0.717) is 17.5 Å². The van der Waals surface area contributed by atoms with Crippen LogP contribution in [0.15, 0.2) is 0 Å². The van der Waals surface area contributed by atoms with Crippen LogP contribution in [0.5, 0.6) is 0 Å². The minimum Gasteiger partial charge on any atom is -0.301 e. The lowest BCUT2D eigenvalue weighted by atomic mass is 10.3. The fourth-order valence-electron chi connectivity index (χ4n) is 1.10. The maximum Gasteiger partial charge on any atom is 0.226 e. The van der Waals surface area contributed by atoms with Gasteiger partial charge in [0.15, 0.2) is 0 Å². The summed E-state index contributed by atoms with van der Waals surface area (Å²) in [4.78, 5) is 11.3. The van der Waals surface area contributed by atoms with E-state index in [0.717, 1.165) is 5.01 Å². The van der Waals surface area contributed by atoms with Crippen LogP contribution in [-0.4, -0.2) is 16.1 Å². The van der Waals surface area contributed by atoms with E-state index < -0.39 is 0 Å². The van der Waals surface area contributed by atoms with Crippen molar-refractivity contribution >= 4 is 22.4 Å². The standard InChI is InChI=1S/C8H11N3OS/c1-5-10-11-8(13-5)9-7(12)4-6-2-3-6/h6H,2-4H2,1H3,(H,9,11,12). The number of hydrogen-bond acceptors (Lipinski definition) is 4. The maximum absolute atomic E-state index is 11.3. The summed E-state index contributed by atoms with van der Waals surface area (Å²) < 4.78 is 0. The molecule has 13 heavy (non-hydrogen) atoms. The molecule has 1 aliphatic carbocycles. The fourth-order valence-corrected chi connectivity index (χ4v) is 1.71. The summed E-state index contributed by atoms with van der Waals surface area (Å²) in [7, 11) is 0. The van der Waals surface area contributed by atoms with E-state index in [-0.39, 0.29) is 5.91 Å². The first-order chi connectivity index (χ1) is 6.24. The lowest BCUT2D eigenvalue weighted by molar-refractivity contribution is -0.116. The van der Waals surface area contributed by atoms with E-state index >= 15 is 0 Å². The molecule has 0 aromatic carbocycles. The third kappa shape index (κ3) is 2.48. The number of hydrogen-bond donors (Lipinski definition) is 1. The van der Waals surface area contributed by atoms with Crippen LogP contribution in [0.25, 0.3) is 0 Å². The summed E-state index contributed by atoms with van der Waals surface area (Å²) >= 11 is 1.41. The van der Waals surface area contributed by atoms with Crippen molar-refractivity contribution in [3.63, 3.8) is 0 Å². The van der Waals surface area contributed by atoms with Crippen LogP contribution in [0.1, 0.15) is 24.3 Å². The first kappa shape index (κ1) is 8.62. The molecule has 1 saturated carbocycles. The highest BCUT2D eigenvalue weighted by molar-refractivity contribution is 7.15. The molecule has 0 atom stereocenters. The predicted octanol–water partition coefficient (Wildman–Crippen LogP) is 1.59. The molecule has 1 aromatic heterocycles. The van der Waals surface area contributed by atoms with E-state index in [2.05, 4.69) is 15.5 Å². The number of nitrogens with zero attached hydrogens (tertiary/aromatic N) is 2. The average molecular weight is 197 g/mol. The van der Waals surface area contributed by atoms with Crippen molar-refractivity contribution in [3.8, 4) is 0 Å². The van der Waals surface area contributed by atoms with Gasteiger partial charge in [0, 0.05) is 6.42 Å². The summed E-state index contributed by atoms with van der Waals surface area (Å²) in [6.07, 6.45) is 3.03. The van der Waals surface area contributed by atoms with Crippen LogP contribution >= 0.6 is 11.3 Å². The van der Waals surface area contributed by atoms with Gasteiger partial charge in [-0.1, -0.05) is 11.3 Å². The summed E-state index contributed by atoms with van der Waals surface area (Å²) in [5, 5.41) is 11.9. The second kappa shape index (κ2) is 3.41. The average Bonchev–Trinajstić information content (AvgIpc) is 2.76. The zero-order valence-electron chi connectivity index (χ0n) is 7.41. The van der Waals surface area contributed by atoms with Crippen molar-refractivity contribution in [2.24, 2.45) is 5.92 Å². The van der Waals surface area contributed by atoms with Gasteiger partial charge in [-0.2, -0.15) is 0 Å². The van der Waals surface area contributed by atoms with Crippen LogP contribution < -0.4 is 5.32 Å². The smallest absolute Gasteiger partial charge is 0.226 e. The second-order valence-corrected chi connectivity index (χ2v) is 4.50. The SMILES string of the molecule is Cc1nnc(NC(=O)CC2CC2)s1. The van der Waals surface area contributed by atoms with Gasteiger partial charge in [0.25, 0.3) is 0 Å². The van der Waals surface area contributed by atoms with Crippen LogP contribution in [0.3, 0.4) is 0 Å². The molecule has 0 spiro atoms. The molecule has 4 nitrogen and oxygen atoms in total. The summed E-state index contributed by atoms with van der Waals surface area (Å²) in [6, 6.07) is 0. The minimum atomic E-state index is 0.0682. The number of rotatable bonds is 3. The summed E-state index contributed by atoms with van der Waals surface area (Å²) in [5.41, 5.74) is 0. The Morgan fingerprint density at radius 3 is 2.92 bits per heavy atom. The molecule has 5 heteroatoms. The molecule has 1 aliphatic rings. The maximum atomic E-state index is 11.3. The van der Waals surface area contributed by atoms with Crippen molar-refractivity contribution in [2.45, 2.75) is 26.2 Å². The molecule has 0 bridgehead atoms. The van der Waals surface area contributed by atoms with Crippen LogP contribution in [0, 0.1) is 12.8 Å². The molecule has 1 aromatic rings. The molecule has 0 unspecified atom stereocenters.